The molecule has 2 aliphatic rings. The Morgan fingerprint density at radius 2 is 0.900 bits per heavy atom. The molecule has 0 amide bonds. The van der Waals surface area contributed by atoms with Gasteiger partial charge in [0.15, 0.2) is 0 Å². The Morgan fingerprint density at radius 1 is 0.700 bits per heavy atom. The molecule has 2 fully saturated rings. The van der Waals surface area contributed by atoms with Gasteiger partial charge in [-0.2, -0.15) is 0 Å². The van der Waals surface area contributed by atoms with Crippen molar-refractivity contribution >= 4 is 0 Å². The van der Waals surface area contributed by atoms with E-state index in [1.807, 2.05) is 0 Å². The van der Waals surface area contributed by atoms with E-state index < -0.39 is 16.8 Å². The molecule has 1 spiro atoms. The van der Waals surface area contributed by atoms with E-state index in [1.165, 1.54) is 0 Å². The number of rotatable bonds is 0. The molecular formula is O5Ti5. The zero-order valence-electron chi connectivity index (χ0n) is 4.54. The predicted molar refractivity (Wildman–Crippen MR) is 5.03 cm³/mol. The Morgan fingerprint density at radius 3 is 0.900 bits per heavy atom. The molecule has 2 heterocycles. The Bertz CT molecular complexity index is 124. The quantitative estimate of drug-likeness (QED) is 0.345. The summed E-state index contributed by atoms with van der Waals surface area (Å²) in [4.78, 5) is 0. The van der Waals surface area contributed by atoms with Gasteiger partial charge >= 0.3 is 34.0 Å². The van der Waals surface area contributed by atoms with Crippen LogP contribution in [0.4, 0.5) is 0 Å². The molecule has 0 aromatic carbocycles. The van der Waals surface area contributed by atoms with Gasteiger partial charge < -0.3 is 0 Å². The Hall–Kier alpha value is 3.21. The van der Waals surface area contributed by atoms with Gasteiger partial charge in [0.1, 0.15) is 0 Å². The van der Waals surface area contributed by atoms with Crippen LogP contribution in [0.3, 0.4) is 0 Å². The molecule has 10 heavy (non-hydrogen) atoms. The van der Waals surface area contributed by atoms with E-state index in [0.717, 1.165) is 0 Å². The molecule has 10 heteroatoms. The van der Waals surface area contributed by atoms with Crippen LogP contribution in [0.2, 0.25) is 0 Å². The molecule has 0 aliphatic carbocycles. The van der Waals surface area contributed by atoms with Gasteiger partial charge in [-0.25, -0.2) is 0 Å². The zero-order valence-corrected chi connectivity index (χ0v) is 12.3. The fourth-order valence-corrected chi connectivity index (χ4v) is 1.96. The summed E-state index contributed by atoms with van der Waals surface area (Å²) in [7, 11) is 0. The fraction of sp³-hybridized carbons (Fsp3) is 0. The SMILES string of the molecule is [O]=[Ti]12([O][O]1)[O][O]2.[Ti].[Ti].[Ti].[Ti]. The molecule has 0 bridgehead atoms. The number of hydrogen-bond acceptors (Lipinski definition) is 5. The third kappa shape index (κ3) is 3.95. The van der Waals surface area contributed by atoms with Crippen molar-refractivity contribution < 1.29 is 121 Å². The third-order valence-corrected chi connectivity index (χ3v) is 2.37. The van der Waals surface area contributed by atoms with E-state index in [-0.39, 0.29) is 86.9 Å². The summed E-state index contributed by atoms with van der Waals surface area (Å²) in [6, 6.07) is 0. The van der Waals surface area contributed by atoms with Crippen LogP contribution in [-0.2, 0) is 121 Å². The van der Waals surface area contributed by atoms with Gasteiger partial charge in [-0.05, 0) is 0 Å². The first-order valence-electron chi connectivity index (χ1n) is 1.35. The summed E-state index contributed by atoms with van der Waals surface area (Å²) in [5.41, 5.74) is 0. The van der Waals surface area contributed by atoms with Crippen LogP contribution in [0, 0.1) is 0 Å². The summed E-state index contributed by atoms with van der Waals surface area (Å²) < 4.78 is 25.8. The van der Waals surface area contributed by atoms with Crippen molar-refractivity contribution in [1.29, 1.82) is 0 Å². The van der Waals surface area contributed by atoms with Crippen molar-refractivity contribution in [3.63, 3.8) is 0 Å². The maximum atomic E-state index is 10.2. The second kappa shape index (κ2) is 5.18. The summed E-state index contributed by atoms with van der Waals surface area (Å²) >= 11 is -4.35. The maximum absolute atomic E-state index is 10.2. The Labute approximate surface area is 119 Å². The summed E-state index contributed by atoms with van der Waals surface area (Å²) in [5.74, 6) is 0. The molecule has 0 unspecified atom stereocenters. The largest absolute Gasteiger partial charge is 0 e. The van der Waals surface area contributed by atoms with Crippen LogP contribution in [0.5, 0.6) is 0 Å². The van der Waals surface area contributed by atoms with Gasteiger partial charge in [0.2, 0.25) is 0 Å². The van der Waals surface area contributed by atoms with Gasteiger partial charge in [-0.1, -0.05) is 0 Å². The van der Waals surface area contributed by atoms with E-state index in [2.05, 4.69) is 13.9 Å². The van der Waals surface area contributed by atoms with E-state index in [1.54, 1.807) is 0 Å². The first-order chi connectivity index (χ1) is 2.71. The van der Waals surface area contributed by atoms with Gasteiger partial charge in [-0.15, -0.1) is 0 Å². The minimum atomic E-state index is -4.35. The standard InChI is InChI=1S/2O2.O.5Ti/c2*1-2;;;;;;/q2*-2;;;;;;+4. The second-order valence-electron chi connectivity index (χ2n) is 1.17. The van der Waals surface area contributed by atoms with Crippen LogP contribution in [-0.4, -0.2) is 0 Å². The van der Waals surface area contributed by atoms with Crippen molar-refractivity contribution in [3.05, 3.63) is 0 Å². The normalized spacial score (nSPS) is 24.8. The predicted octanol–water partition coefficient (Wildman–Crippen LogP) is -0.405. The molecule has 0 radical (unpaired) electrons. The van der Waals surface area contributed by atoms with Crippen LogP contribution in [0.1, 0.15) is 0 Å². The molecule has 0 N–H and O–H groups in total. The van der Waals surface area contributed by atoms with Crippen molar-refractivity contribution in [3.8, 4) is 0 Å². The second-order valence-corrected chi connectivity index (χ2v) is 4.81. The van der Waals surface area contributed by atoms with Crippen LogP contribution >= 0.6 is 0 Å². The van der Waals surface area contributed by atoms with Gasteiger partial charge in [0.05, 0.1) is 0 Å². The topological polar surface area (TPSA) is 67.2 Å². The molecular weight excluding hydrogens is 319 g/mol. The van der Waals surface area contributed by atoms with Gasteiger partial charge in [0.25, 0.3) is 0 Å². The molecule has 50 valence electrons. The molecule has 0 atom stereocenters. The molecule has 2 saturated heterocycles. The fourth-order valence-electron chi connectivity index (χ4n) is 0.158. The first kappa shape index (κ1) is 18.9. The number of hydrogen-bond donors (Lipinski definition) is 0. The summed E-state index contributed by atoms with van der Waals surface area (Å²) in [5, 5.41) is 0. The average Bonchev–Trinajstić information content (AvgIpc) is 2.28. The molecule has 2 aliphatic heterocycles. The van der Waals surface area contributed by atoms with Crippen molar-refractivity contribution in [1.82, 2.24) is 0 Å². The summed E-state index contributed by atoms with van der Waals surface area (Å²) in [6.45, 7) is 0. The molecule has 0 aromatic rings. The smallest absolute Gasteiger partial charge is 0 e. The first-order valence-corrected chi connectivity index (χ1v) is 4.54. The van der Waals surface area contributed by atoms with E-state index in [9.17, 15) is 3.32 Å². The Balaban J connectivity index is -0.000000122. The zero-order chi connectivity index (χ0) is 4.28. The van der Waals surface area contributed by atoms with E-state index >= 15 is 0 Å². The van der Waals surface area contributed by atoms with Gasteiger partial charge in [0, 0.05) is 86.9 Å². The minimum Gasteiger partial charge on any atom is 0 e. The van der Waals surface area contributed by atoms with Crippen LogP contribution < -0.4 is 0 Å². The average molecular weight is 319 g/mol. The van der Waals surface area contributed by atoms with Crippen molar-refractivity contribution in [2.75, 3.05) is 0 Å². The minimum absolute atomic E-state index is 0. The van der Waals surface area contributed by atoms with E-state index in [4.69, 9.17) is 0 Å². The molecule has 0 aromatic heterocycles. The van der Waals surface area contributed by atoms with Crippen molar-refractivity contribution in [2.45, 2.75) is 0 Å². The third-order valence-electron chi connectivity index (χ3n) is 0.575. The molecule has 2 rings (SSSR count). The molecule has 5 nitrogen and oxygen atoms in total. The Kier molecular flexibility index (Phi) is 9.79. The van der Waals surface area contributed by atoms with Crippen LogP contribution in [0.25, 0.3) is 0 Å². The van der Waals surface area contributed by atoms with E-state index in [0.29, 0.717) is 0 Å². The van der Waals surface area contributed by atoms with Crippen LogP contribution in [0.15, 0.2) is 0 Å². The maximum Gasteiger partial charge on any atom is 0 e. The van der Waals surface area contributed by atoms with Crippen molar-refractivity contribution in [2.24, 2.45) is 0 Å². The summed E-state index contributed by atoms with van der Waals surface area (Å²) in [6.07, 6.45) is 0. The molecule has 0 saturated carbocycles. The monoisotopic (exact) mass is 320 g/mol. The van der Waals surface area contributed by atoms with Gasteiger partial charge in [-0.3, -0.25) is 0 Å².